The highest BCUT2D eigenvalue weighted by Crippen LogP contribution is 2.30. The highest BCUT2D eigenvalue weighted by molar-refractivity contribution is 9.10. The van der Waals surface area contributed by atoms with E-state index in [9.17, 15) is 13.6 Å². The van der Waals surface area contributed by atoms with E-state index in [1.165, 1.54) is 6.07 Å². The van der Waals surface area contributed by atoms with Gasteiger partial charge >= 0.3 is 0 Å². The molecule has 0 N–H and O–H groups in total. The molecule has 0 radical (unpaired) electrons. The molecule has 0 spiro atoms. The van der Waals surface area contributed by atoms with E-state index in [0.717, 1.165) is 40.7 Å². The van der Waals surface area contributed by atoms with Crippen LogP contribution in [0.2, 0.25) is 0 Å². The van der Waals surface area contributed by atoms with Crippen LogP contribution in [0.3, 0.4) is 0 Å². The Hall–Kier alpha value is -1.75. The first-order valence-electron chi connectivity index (χ1n) is 7.57. The smallest absolute Gasteiger partial charge is 0.227 e. The number of nitrogens with zero attached hydrogens (tertiary/aromatic N) is 1. The number of fused-ring (bicyclic) bond motifs is 1. The topological polar surface area (TPSA) is 20.3 Å². The Morgan fingerprint density at radius 1 is 1.13 bits per heavy atom. The van der Waals surface area contributed by atoms with Crippen molar-refractivity contribution in [1.82, 2.24) is 0 Å². The summed E-state index contributed by atoms with van der Waals surface area (Å²) in [5, 5.41) is 0. The second-order valence-corrected chi connectivity index (χ2v) is 6.59. The van der Waals surface area contributed by atoms with Crippen molar-refractivity contribution in [3.63, 3.8) is 0 Å². The fraction of sp³-hybridized carbons (Fsp3) is 0.278. The third-order valence-corrected chi connectivity index (χ3v) is 4.57. The second-order valence-electron chi connectivity index (χ2n) is 5.67. The minimum atomic E-state index is -0.872. The van der Waals surface area contributed by atoms with Crippen LogP contribution in [0, 0.1) is 11.6 Å². The first-order valence-corrected chi connectivity index (χ1v) is 8.36. The molecule has 23 heavy (non-hydrogen) atoms. The van der Waals surface area contributed by atoms with Gasteiger partial charge in [-0.15, -0.1) is 0 Å². The molecule has 0 aliphatic carbocycles. The van der Waals surface area contributed by atoms with Gasteiger partial charge in [0.15, 0.2) is 11.6 Å². The third-order valence-electron chi connectivity index (χ3n) is 4.07. The number of amides is 1. The maximum atomic E-state index is 13.2. The minimum Gasteiger partial charge on any atom is -0.312 e. The molecule has 1 aliphatic rings. The molecule has 0 saturated heterocycles. The van der Waals surface area contributed by atoms with E-state index in [1.807, 2.05) is 18.2 Å². The molecular weight excluding hydrogens is 364 g/mol. The standard InChI is InChI=1S/C18H16BrF2NO/c19-14-5-7-17-13(11-14)2-1-9-22(17)18(23)8-4-12-3-6-15(20)16(21)10-12/h3,5-7,10-11H,1-2,4,8-9H2. The van der Waals surface area contributed by atoms with Gasteiger partial charge in [-0.3, -0.25) is 4.79 Å². The van der Waals surface area contributed by atoms with E-state index >= 15 is 0 Å². The van der Waals surface area contributed by atoms with E-state index in [1.54, 1.807) is 4.90 Å². The lowest BCUT2D eigenvalue weighted by atomic mass is 10.0. The molecule has 0 fully saturated rings. The normalized spacial score (nSPS) is 13.8. The van der Waals surface area contributed by atoms with Crippen LogP contribution in [-0.2, 0) is 17.6 Å². The molecule has 1 heterocycles. The zero-order chi connectivity index (χ0) is 16.4. The SMILES string of the molecule is O=C(CCc1ccc(F)c(F)c1)N1CCCc2cc(Br)ccc21. The molecule has 0 bridgehead atoms. The lowest BCUT2D eigenvalue weighted by molar-refractivity contribution is -0.118. The van der Waals surface area contributed by atoms with Crippen LogP contribution >= 0.6 is 15.9 Å². The quantitative estimate of drug-likeness (QED) is 0.760. The first kappa shape index (κ1) is 16.1. The predicted molar refractivity (Wildman–Crippen MR) is 89.5 cm³/mol. The Labute approximate surface area is 142 Å². The summed E-state index contributed by atoms with van der Waals surface area (Å²) in [6.45, 7) is 0.700. The minimum absolute atomic E-state index is 0.0120. The van der Waals surface area contributed by atoms with Gasteiger partial charge < -0.3 is 4.90 Å². The average Bonchev–Trinajstić information content (AvgIpc) is 2.54. The molecule has 0 saturated carbocycles. The van der Waals surface area contributed by atoms with Crippen LogP contribution < -0.4 is 4.90 Å². The van der Waals surface area contributed by atoms with Gasteiger partial charge in [0.05, 0.1) is 0 Å². The number of anilines is 1. The molecule has 1 amide bonds. The Balaban J connectivity index is 1.71. The number of halogens is 3. The average molecular weight is 380 g/mol. The molecule has 120 valence electrons. The van der Waals surface area contributed by atoms with Gasteiger partial charge in [0.25, 0.3) is 0 Å². The van der Waals surface area contributed by atoms with Crippen LogP contribution in [-0.4, -0.2) is 12.5 Å². The van der Waals surface area contributed by atoms with Gasteiger partial charge in [-0.2, -0.15) is 0 Å². The zero-order valence-corrected chi connectivity index (χ0v) is 14.1. The Bertz CT molecular complexity index is 748. The highest BCUT2D eigenvalue weighted by atomic mass is 79.9. The molecule has 5 heteroatoms. The van der Waals surface area contributed by atoms with E-state index in [-0.39, 0.29) is 12.3 Å². The van der Waals surface area contributed by atoms with Gasteiger partial charge in [0.1, 0.15) is 0 Å². The van der Waals surface area contributed by atoms with E-state index < -0.39 is 11.6 Å². The first-order chi connectivity index (χ1) is 11.0. The van der Waals surface area contributed by atoms with Crippen molar-refractivity contribution in [2.24, 2.45) is 0 Å². The van der Waals surface area contributed by atoms with Crippen molar-refractivity contribution in [1.29, 1.82) is 0 Å². The summed E-state index contributed by atoms with van der Waals surface area (Å²) in [5.41, 5.74) is 2.74. The molecule has 0 aromatic heterocycles. The molecule has 1 aliphatic heterocycles. The summed E-state index contributed by atoms with van der Waals surface area (Å²) >= 11 is 3.45. The maximum Gasteiger partial charge on any atom is 0.227 e. The van der Waals surface area contributed by atoms with E-state index in [2.05, 4.69) is 15.9 Å². The van der Waals surface area contributed by atoms with Crippen LogP contribution in [0.5, 0.6) is 0 Å². The summed E-state index contributed by atoms with van der Waals surface area (Å²) < 4.78 is 27.2. The Morgan fingerprint density at radius 3 is 2.74 bits per heavy atom. The zero-order valence-electron chi connectivity index (χ0n) is 12.5. The molecule has 3 rings (SSSR count). The predicted octanol–water partition coefficient (Wildman–Crippen LogP) is 4.64. The van der Waals surface area contributed by atoms with Gasteiger partial charge in [-0.05, 0) is 60.7 Å². The van der Waals surface area contributed by atoms with Gasteiger partial charge in [0, 0.05) is 23.1 Å². The van der Waals surface area contributed by atoms with Crippen molar-refractivity contribution >= 4 is 27.5 Å². The van der Waals surface area contributed by atoms with Crippen molar-refractivity contribution in [2.45, 2.75) is 25.7 Å². The molecule has 2 nitrogen and oxygen atoms in total. The fourth-order valence-corrected chi connectivity index (χ4v) is 3.31. The van der Waals surface area contributed by atoms with Crippen LogP contribution in [0.25, 0.3) is 0 Å². The number of hydrogen-bond donors (Lipinski definition) is 0. The van der Waals surface area contributed by atoms with Crippen LogP contribution in [0.1, 0.15) is 24.0 Å². The summed E-state index contributed by atoms with van der Waals surface area (Å²) in [6, 6.07) is 9.71. The van der Waals surface area contributed by atoms with Crippen molar-refractivity contribution in [3.05, 3.63) is 63.6 Å². The third kappa shape index (κ3) is 3.61. The number of aryl methyl sites for hydroxylation is 2. The molecule has 0 atom stereocenters. The molecule has 2 aromatic carbocycles. The van der Waals surface area contributed by atoms with E-state index in [0.29, 0.717) is 18.5 Å². The number of carbonyl (C=O) groups excluding carboxylic acids is 1. The van der Waals surface area contributed by atoms with Crippen LogP contribution in [0.4, 0.5) is 14.5 Å². The second kappa shape index (κ2) is 6.79. The maximum absolute atomic E-state index is 13.2. The molecule has 0 unspecified atom stereocenters. The fourth-order valence-electron chi connectivity index (χ4n) is 2.91. The van der Waals surface area contributed by atoms with Gasteiger partial charge in [-0.1, -0.05) is 22.0 Å². The number of rotatable bonds is 3. The van der Waals surface area contributed by atoms with E-state index in [4.69, 9.17) is 0 Å². The summed E-state index contributed by atoms with van der Waals surface area (Å²) in [6.07, 6.45) is 2.57. The lowest BCUT2D eigenvalue weighted by Gasteiger charge is -2.29. The van der Waals surface area contributed by atoms with Crippen molar-refractivity contribution in [2.75, 3.05) is 11.4 Å². The van der Waals surface area contributed by atoms with Gasteiger partial charge in [-0.25, -0.2) is 8.78 Å². The number of hydrogen-bond acceptors (Lipinski definition) is 1. The number of benzene rings is 2. The van der Waals surface area contributed by atoms with Crippen molar-refractivity contribution < 1.29 is 13.6 Å². The van der Waals surface area contributed by atoms with Crippen molar-refractivity contribution in [3.8, 4) is 0 Å². The molecule has 2 aromatic rings. The summed E-state index contributed by atoms with van der Waals surface area (Å²) in [5.74, 6) is -1.73. The molecular formula is C18H16BrF2NO. The Morgan fingerprint density at radius 2 is 1.96 bits per heavy atom. The van der Waals surface area contributed by atoms with Gasteiger partial charge in [0.2, 0.25) is 5.91 Å². The Kier molecular flexibility index (Phi) is 4.76. The number of carbonyl (C=O) groups is 1. The summed E-state index contributed by atoms with van der Waals surface area (Å²) in [4.78, 5) is 14.3. The monoisotopic (exact) mass is 379 g/mol. The lowest BCUT2D eigenvalue weighted by Crippen LogP contribution is -2.35. The largest absolute Gasteiger partial charge is 0.312 e. The highest BCUT2D eigenvalue weighted by Gasteiger charge is 2.22. The summed E-state index contributed by atoms with van der Waals surface area (Å²) in [7, 11) is 0. The van der Waals surface area contributed by atoms with Crippen LogP contribution in [0.15, 0.2) is 40.9 Å².